The number of ether oxygens (including phenoxy) is 2. The van der Waals surface area contributed by atoms with E-state index >= 15 is 0 Å². The smallest absolute Gasteiger partial charge is 0.405 e. The molecule has 1 aliphatic rings. The highest BCUT2D eigenvalue weighted by atomic mass is 16.7. The predicted octanol–water partition coefficient (Wildman–Crippen LogP) is 1.38. The van der Waals surface area contributed by atoms with E-state index in [0.29, 0.717) is 25.7 Å². The molecule has 0 aliphatic heterocycles. The van der Waals surface area contributed by atoms with Crippen molar-refractivity contribution in [3.8, 4) is 0 Å². The maximum Gasteiger partial charge on any atom is 0.405 e. The summed E-state index contributed by atoms with van der Waals surface area (Å²) in [7, 11) is 1.49. The van der Waals surface area contributed by atoms with Crippen LogP contribution in [0.1, 0.15) is 25.7 Å². The first-order chi connectivity index (χ1) is 9.90. The number of amides is 2. The SMILES string of the molecule is C=CC[C@@]1(NC(=O)O)C[C@H](NC(=O)O)C[C@H](OCOC)C1. The summed E-state index contributed by atoms with van der Waals surface area (Å²) in [5.41, 5.74) is -0.794. The fourth-order valence-electron chi connectivity index (χ4n) is 2.87. The van der Waals surface area contributed by atoms with Gasteiger partial charge in [0, 0.05) is 13.2 Å². The third-order valence-corrected chi connectivity index (χ3v) is 3.46. The van der Waals surface area contributed by atoms with Crippen molar-refractivity contribution in [3.63, 3.8) is 0 Å². The molecule has 0 aromatic heterocycles. The molecule has 1 fully saturated rings. The lowest BCUT2D eigenvalue weighted by Gasteiger charge is -2.43. The Balaban J connectivity index is 2.88. The molecular weight excluding hydrogens is 280 g/mol. The zero-order chi connectivity index (χ0) is 15.9. The van der Waals surface area contributed by atoms with Crippen molar-refractivity contribution in [2.45, 2.75) is 43.4 Å². The number of hydrogen-bond donors (Lipinski definition) is 4. The summed E-state index contributed by atoms with van der Waals surface area (Å²) in [5.74, 6) is 0. The van der Waals surface area contributed by atoms with Crippen LogP contribution in [0.25, 0.3) is 0 Å². The van der Waals surface area contributed by atoms with Gasteiger partial charge in [-0.3, -0.25) is 0 Å². The van der Waals surface area contributed by atoms with E-state index in [4.69, 9.17) is 19.7 Å². The fourth-order valence-corrected chi connectivity index (χ4v) is 2.87. The second-order valence-electron chi connectivity index (χ2n) is 5.19. The van der Waals surface area contributed by atoms with E-state index in [-0.39, 0.29) is 12.9 Å². The van der Waals surface area contributed by atoms with E-state index in [1.165, 1.54) is 7.11 Å². The van der Waals surface area contributed by atoms with E-state index in [1.807, 2.05) is 0 Å². The Morgan fingerprint density at radius 2 is 2.10 bits per heavy atom. The zero-order valence-electron chi connectivity index (χ0n) is 12.0. The van der Waals surface area contributed by atoms with Crippen molar-refractivity contribution in [2.75, 3.05) is 13.9 Å². The fraction of sp³-hybridized carbons (Fsp3) is 0.692. The number of hydrogen-bond acceptors (Lipinski definition) is 4. The van der Waals surface area contributed by atoms with Crippen molar-refractivity contribution in [2.24, 2.45) is 0 Å². The molecule has 2 amide bonds. The molecule has 0 aromatic carbocycles. The van der Waals surface area contributed by atoms with Gasteiger partial charge in [0.1, 0.15) is 6.79 Å². The molecule has 4 N–H and O–H groups in total. The quantitative estimate of drug-likeness (QED) is 0.417. The van der Waals surface area contributed by atoms with Crippen LogP contribution < -0.4 is 10.6 Å². The normalized spacial score (nSPS) is 28.6. The van der Waals surface area contributed by atoms with Crippen LogP contribution in [0.5, 0.6) is 0 Å². The molecule has 0 unspecified atom stereocenters. The average molecular weight is 302 g/mol. The summed E-state index contributed by atoms with van der Waals surface area (Å²) in [5, 5.41) is 22.8. The summed E-state index contributed by atoms with van der Waals surface area (Å²) in [6.07, 6.45) is 0.666. The molecule has 1 aliphatic carbocycles. The number of rotatable bonds is 7. The molecule has 120 valence electrons. The molecule has 8 nitrogen and oxygen atoms in total. The summed E-state index contributed by atoms with van der Waals surface area (Å²) >= 11 is 0. The van der Waals surface area contributed by atoms with Crippen LogP contribution in [0.15, 0.2) is 12.7 Å². The molecular formula is C13H22N2O6. The molecule has 0 saturated heterocycles. The molecule has 1 saturated carbocycles. The minimum atomic E-state index is -1.15. The third kappa shape index (κ3) is 5.60. The van der Waals surface area contributed by atoms with Crippen molar-refractivity contribution in [1.82, 2.24) is 10.6 Å². The van der Waals surface area contributed by atoms with Crippen molar-refractivity contribution in [3.05, 3.63) is 12.7 Å². The third-order valence-electron chi connectivity index (χ3n) is 3.46. The van der Waals surface area contributed by atoms with Crippen LogP contribution in [-0.2, 0) is 9.47 Å². The summed E-state index contributed by atoms with van der Waals surface area (Å²) in [4.78, 5) is 21.9. The van der Waals surface area contributed by atoms with Gasteiger partial charge in [0.05, 0.1) is 11.6 Å². The Hall–Kier alpha value is -1.80. The Labute approximate surface area is 123 Å². The molecule has 0 bridgehead atoms. The molecule has 3 atom stereocenters. The number of carboxylic acid groups (broad SMARTS) is 2. The maximum absolute atomic E-state index is 11.0. The van der Waals surface area contributed by atoms with Gasteiger partial charge in [-0.2, -0.15) is 0 Å². The molecule has 1 rings (SSSR count). The number of methoxy groups -OCH3 is 1. The van der Waals surface area contributed by atoms with Crippen LogP contribution in [-0.4, -0.2) is 54.0 Å². The monoisotopic (exact) mass is 302 g/mol. The first-order valence-electron chi connectivity index (χ1n) is 6.63. The highest BCUT2D eigenvalue weighted by Crippen LogP contribution is 2.33. The predicted molar refractivity (Wildman–Crippen MR) is 74.3 cm³/mol. The van der Waals surface area contributed by atoms with E-state index < -0.39 is 23.8 Å². The second-order valence-corrected chi connectivity index (χ2v) is 5.19. The summed E-state index contributed by atoms with van der Waals surface area (Å²) in [6.45, 7) is 3.72. The Morgan fingerprint density at radius 1 is 1.38 bits per heavy atom. The minimum absolute atomic E-state index is 0.0711. The van der Waals surface area contributed by atoms with E-state index in [1.54, 1.807) is 6.08 Å². The highest BCUT2D eigenvalue weighted by Gasteiger charge is 2.42. The van der Waals surface area contributed by atoms with Gasteiger partial charge in [-0.25, -0.2) is 9.59 Å². The summed E-state index contributed by atoms with van der Waals surface area (Å²) in [6, 6.07) is -0.398. The standard InChI is InChI=1S/C13H22N2O6/c1-3-4-13(15-12(18)19)6-9(14-11(16)17)5-10(7-13)21-8-20-2/h3,9-10,14-15H,1,4-8H2,2H3,(H,16,17)(H,18,19)/t9-,10+,13-/m1/s1. The largest absolute Gasteiger partial charge is 0.465 e. The van der Waals surface area contributed by atoms with Crippen LogP contribution in [0, 0.1) is 0 Å². The van der Waals surface area contributed by atoms with Gasteiger partial charge in [-0.1, -0.05) is 6.08 Å². The van der Waals surface area contributed by atoms with Gasteiger partial charge in [-0.05, 0) is 25.7 Å². The Bertz CT molecular complexity index is 389. The lowest BCUT2D eigenvalue weighted by atomic mass is 9.75. The van der Waals surface area contributed by atoms with Crippen molar-refractivity contribution < 1.29 is 29.3 Å². The first-order valence-corrected chi connectivity index (χ1v) is 6.63. The van der Waals surface area contributed by atoms with Gasteiger partial charge in [0.25, 0.3) is 0 Å². The second kappa shape index (κ2) is 7.84. The van der Waals surface area contributed by atoms with Gasteiger partial charge in [0.15, 0.2) is 0 Å². The van der Waals surface area contributed by atoms with Crippen LogP contribution in [0.4, 0.5) is 9.59 Å². The molecule has 0 radical (unpaired) electrons. The van der Waals surface area contributed by atoms with Crippen LogP contribution in [0.3, 0.4) is 0 Å². The van der Waals surface area contributed by atoms with E-state index in [2.05, 4.69) is 17.2 Å². The number of carbonyl (C=O) groups is 2. The molecule has 8 heteroatoms. The molecule has 21 heavy (non-hydrogen) atoms. The van der Waals surface area contributed by atoms with E-state index in [0.717, 1.165) is 0 Å². The highest BCUT2D eigenvalue weighted by molar-refractivity contribution is 5.66. The molecule has 0 spiro atoms. The Morgan fingerprint density at radius 3 is 2.62 bits per heavy atom. The summed E-state index contributed by atoms with van der Waals surface area (Å²) < 4.78 is 10.4. The van der Waals surface area contributed by atoms with Crippen LogP contribution in [0.2, 0.25) is 0 Å². The maximum atomic E-state index is 11.0. The minimum Gasteiger partial charge on any atom is -0.465 e. The molecule has 0 heterocycles. The van der Waals surface area contributed by atoms with Crippen molar-refractivity contribution >= 4 is 12.2 Å². The van der Waals surface area contributed by atoms with Gasteiger partial charge in [-0.15, -0.1) is 6.58 Å². The van der Waals surface area contributed by atoms with E-state index in [9.17, 15) is 9.59 Å². The van der Waals surface area contributed by atoms with Gasteiger partial charge < -0.3 is 30.3 Å². The average Bonchev–Trinajstić information content (AvgIpc) is 2.34. The van der Waals surface area contributed by atoms with Gasteiger partial charge in [0.2, 0.25) is 0 Å². The first kappa shape index (κ1) is 17.3. The molecule has 0 aromatic rings. The zero-order valence-corrected chi connectivity index (χ0v) is 12.0. The van der Waals surface area contributed by atoms with Crippen LogP contribution >= 0.6 is 0 Å². The number of nitrogens with one attached hydrogen (secondary N) is 2. The topological polar surface area (TPSA) is 117 Å². The van der Waals surface area contributed by atoms with Gasteiger partial charge >= 0.3 is 12.2 Å². The van der Waals surface area contributed by atoms with Crippen molar-refractivity contribution in [1.29, 1.82) is 0 Å². The lowest BCUT2D eigenvalue weighted by Crippen LogP contribution is -2.58. The lowest BCUT2D eigenvalue weighted by molar-refractivity contribution is -0.0963. The Kier molecular flexibility index (Phi) is 6.44.